The highest BCUT2D eigenvalue weighted by atomic mass is 35.5. The number of halogens is 4. The Bertz CT molecular complexity index is 493. The first-order chi connectivity index (χ1) is 8.27. The topological polar surface area (TPSA) is 37.3 Å². The fourth-order valence-corrected chi connectivity index (χ4v) is 2.50. The first-order valence-electron chi connectivity index (χ1n) is 5.38. The van der Waals surface area contributed by atoms with E-state index in [-0.39, 0.29) is 10.6 Å². The largest absolute Gasteiger partial charge is 0.481 e. The maximum atomic E-state index is 12.6. The average Bonchev–Trinajstić information content (AvgIpc) is 2.16. The Labute approximate surface area is 106 Å². The van der Waals surface area contributed by atoms with Crippen LogP contribution >= 0.6 is 11.6 Å². The van der Waals surface area contributed by atoms with Gasteiger partial charge in [-0.2, -0.15) is 13.2 Å². The maximum absolute atomic E-state index is 12.6. The number of carboxylic acids is 1. The number of hydrogen-bond acceptors (Lipinski definition) is 1. The van der Waals surface area contributed by atoms with Crippen LogP contribution in [0.25, 0.3) is 0 Å². The summed E-state index contributed by atoms with van der Waals surface area (Å²) < 4.78 is 37.9. The van der Waals surface area contributed by atoms with E-state index in [1.807, 2.05) is 0 Å². The Morgan fingerprint density at radius 2 is 1.94 bits per heavy atom. The Hall–Kier alpha value is -1.23. The number of aliphatic carboxylic acids is 1. The summed E-state index contributed by atoms with van der Waals surface area (Å²) in [6, 6.07) is 2.83. The predicted molar refractivity (Wildman–Crippen MR) is 59.6 cm³/mol. The van der Waals surface area contributed by atoms with Crippen molar-refractivity contribution < 1.29 is 23.1 Å². The predicted octanol–water partition coefficient (Wildman–Crippen LogP) is 3.87. The van der Waals surface area contributed by atoms with Crippen LogP contribution in [-0.4, -0.2) is 11.1 Å². The van der Waals surface area contributed by atoms with E-state index in [2.05, 4.69) is 0 Å². The molecule has 1 N–H and O–H groups in total. The number of hydrogen-bond donors (Lipinski definition) is 1. The first kappa shape index (κ1) is 13.2. The zero-order valence-corrected chi connectivity index (χ0v) is 9.98. The van der Waals surface area contributed by atoms with Crippen molar-refractivity contribution in [2.24, 2.45) is 0 Å². The maximum Gasteiger partial charge on any atom is 0.416 e. The van der Waals surface area contributed by atoms with E-state index in [0.717, 1.165) is 18.2 Å². The Morgan fingerprint density at radius 3 is 2.33 bits per heavy atom. The van der Waals surface area contributed by atoms with Crippen LogP contribution in [0.5, 0.6) is 0 Å². The highest BCUT2D eigenvalue weighted by Gasteiger charge is 2.48. The molecule has 0 amide bonds. The summed E-state index contributed by atoms with van der Waals surface area (Å²) in [5.41, 5.74) is -2.05. The van der Waals surface area contributed by atoms with E-state index >= 15 is 0 Å². The molecule has 1 fully saturated rings. The van der Waals surface area contributed by atoms with Gasteiger partial charge < -0.3 is 5.11 Å². The van der Waals surface area contributed by atoms with Gasteiger partial charge in [0.1, 0.15) is 0 Å². The van der Waals surface area contributed by atoms with Gasteiger partial charge >= 0.3 is 12.1 Å². The van der Waals surface area contributed by atoms with Crippen molar-refractivity contribution in [1.82, 2.24) is 0 Å². The summed E-state index contributed by atoms with van der Waals surface area (Å²) in [5.74, 6) is -1.12. The highest BCUT2D eigenvalue weighted by molar-refractivity contribution is 6.31. The van der Waals surface area contributed by atoms with Gasteiger partial charge in [-0.25, -0.2) is 0 Å². The molecule has 18 heavy (non-hydrogen) atoms. The minimum absolute atomic E-state index is 0.0674. The molecular weight excluding hydrogens is 269 g/mol. The summed E-state index contributed by atoms with van der Waals surface area (Å²) in [5, 5.41) is 9.29. The third-order valence-electron chi connectivity index (χ3n) is 3.43. The van der Waals surface area contributed by atoms with Gasteiger partial charge in [-0.05, 0) is 36.6 Å². The average molecular weight is 279 g/mol. The monoisotopic (exact) mass is 278 g/mol. The summed E-state index contributed by atoms with van der Waals surface area (Å²) in [6.07, 6.45) is -3.17. The lowest BCUT2D eigenvalue weighted by atomic mass is 9.64. The van der Waals surface area contributed by atoms with Crippen LogP contribution in [0.3, 0.4) is 0 Å². The lowest BCUT2D eigenvalue weighted by Gasteiger charge is -2.38. The number of benzene rings is 1. The molecule has 2 nitrogen and oxygen atoms in total. The molecule has 0 aliphatic heterocycles. The van der Waals surface area contributed by atoms with Gasteiger partial charge in [0.25, 0.3) is 0 Å². The Kier molecular flexibility index (Phi) is 3.05. The third kappa shape index (κ3) is 1.96. The second-order valence-corrected chi connectivity index (χ2v) is 4.84. The minimum Gasteiger partial charge on any atom is -0.481 e. The molecule has 1 saturated carbocycles. The van der Waals surface area contributed by atoms with Crippen molar-refractivity contribution >= 4 is 17.6 Å². The van der Waals surface area contributed by atoms with E-state index in [1.54, 1.807) is 0 Å². The van der Waals surface area contributed by atoms with E-state index in [9.17, 15) is 23.1 Å². The van der Waals surface area contributed by atoms with Crippen LogP contribution in [-0.2, 0) is 16.4 Å². The van der Waals surface area contributed by atoms with Crippen LogP contribution in [0.15, 0.2) is 18.2 Å². The highest BCUT2D eigenvalue weighted by Crippen LogP contribution is 2.47. The number of alkyl halides is 3. The molecule has 1 aromatic rings. The smallest absolute Gasteiger partial charge is 0.416 e. The van der Waals surface area contributed by atoms with E-state index < -0.39 is 23.1 Å². The quantitative estimate of drug-likeness (QED) is 0.892. The molecule has 1 aliphatic rings. The molecule has 98 valence electrons. The molecular formula is C12H10ClF3O2. The standard InChI is InChI=1S/C12H10ClF3O2/c13-9-3-2-7(12(14,15)16)6-8(9)11(10(17)18)4-1-5-11/h2-3,6H,1,4-5H2,(H,17,18). The molecule has 0 unspecified atom stereocenters. The molecule has 0 spiro atoms. The second-order valence-electron chi connectivity index (χ2n) is 4.43. The molecule has 0 saturated heterocycles. The van der Waals surface area contributed by atoms with Crippen LogP contribution in [0.1, 0.15) is 30.4 Å². The molecule has 0 aromatic heterocycles. The number of carbonyl (C=O) groups is 1. The molecule has 6 heteroatoms. The van der Waals surface area contributed by atoms with Crippen molar-refractivity contribution in [2.45, 2.75) is 30.9 Å². The normalized spacial score (nSPS) is 18.2. The van der Waals surface area contributed by atoms with Gasteiger partial charge in [0, 0.05) is 5.02 Å². The fourth-order valence-electron chi connectivity index (χ4n) is 2.20. The Balaban J connectivity index is 2.53. The lowest BCUT2D eigenvalue weighted by molar-refractivity contribution is -0.148. The van der Waals surface area contributed by atoms with Crippen LogP contribution < -0.4 is 0 Å². The van der Waals surface area contributed by atoms with Crippen LogP contribution in [0.4, 0.5) is 13.2 Å². The molecule has 0 heterocycles. The van der Waals surface area contributed by atoms with Gasteiger partial charge in [0.05, 0.1) is 11.0 Å². The van der Waals surface area contributed by atoms with E-state index in [1.165, 1.54) is 0 Å². The summed E-state index contributed by atoms with van der Waals surface area (Å²) in [7, 11) is 0. The lowest BCUT2D eigenvalue weighted by Crippen LogP contribution is -2.42. The summed E-state index contributed by atoms with van der Waals surface area (Å²) in [6.45, 7) is 0. The molecule has 2 rings (SSSR count). The number of rotatable bonds is 2. The Morgan fingerprint density at radius 1 is 1.33 bits per heavy atom. The van der Waals surface area contributed by atoms with Crippen molar-refractivity contribution in [3.63, 3.8) is 0 Å². The third-order valence-corrected chi connectivity index (χ3v) is 3.76. The van der Waals surface area contributed by atoms with Crippen molar-refractivity contribution in [2.75, 3.05) is 0 Å². The van der Waals surface area contributed by atoms with Gasteiger partial charge in [-0.1, -0.05) is 18.0 Å². The van der Waals surface area contributed by atoms with Crippen molar-refractivity contribution in [1.29, 1.82) is 0 Å². The van der Waals surface area contributed by atoms with Crippen LogP contribution in [0, 0.1) is 0 Å². The van der Waals surface area contributed by atoms with E-state index in [0.29, 0.717) is 19.3 Å². The van der Waals surface area contributed by atoms with Crippen molar-refractivity contribution in [3.05, 3.63) is 34.3 Å². The summed E-state index contributed by atoms with van der Waals surface area (Å²) in [4.78, 5) is 11.3. The SMILES string of the molecule is O=C(O)C1(c2cc(C(F)(F)F)ccc2Cl)CCC1. The fraction of sp³-hybridized carbons (Fsp3) is 0.417. The number of carboxylic acid groups (broad SMARTS) is 1. The van der Waals surface area contributed by atoms with Gasteiger partial charge in [0.15, 0.2) is 0 Å². The molecule has 0 atom stereocenters. The molecule has 1 aromatic carbocycles. The summed E-state index contributed by atoms with van der Waals surface area (Å²) >= 11 is 5.86. The molecule has 0 radical (unpaired) electrons. The van der Waals surface area contributed by atoms with E-state index in [4.69, 9.17) is 11.6 Å². The zero-order chi connectivity index (χ0) is 13.6. The zero-order valence-electron chi connectivity index (χ0n) is 9.22. The molecule has 0 bridgehead atoms. The van der Waals surface area contributed by atoms with Gasteiger partial charge in [-0.15, -0.1) is 0 Å². The second kappa shape index (κ2) is 4.16. The van der Waals surface area contributed by atoms with Crippen molar-refractivity contribution in [3.8, 4) is 0 Å². The molecule has 1 aliphatic carbocycles. The minimum atomic E-state index is -4.50. The van der Waals surface area contributed by atoms with Crippen LogP contribution in [0.2, 0.25) is 5.02 Å². The first-order valence-corrected chi connectivity index (χ1v) is 5.76. The van der Waals surface area contributed by atoms with Gasteiger partial charge in [0.2, 0.25) is 0 Å². The van der Waals surface area contributed by atoms with Gasteiger partial charge in [-0.3, -0.25) is 4.79 Å².